The zero-order valence-electron chi connectivity index (χ0n) is 9.34. The van der Waals surface area contributed by atoms with Crippen LogP contribution in [0.1, 0.15) is 16.5 Å². The molecule has 94 valence electrons. The third-order valence-corrected chi connectivity index (χ3v) is 4.17. The molecule has 0 bridgehead atoms. The van der Waals surface area contributed by atoms with E-state index in [0.717, 1.165) is 15.6 Å². The Balaban J connectivity index is 2.19. The van der Waals surface area contributed by atoms with Crippen molar-refractivity contribution < 1.29 is 4.39 Å². The highest BCUT2D eigenvalue weighted by Crippen LogP contribution is 2.31. The van der Waals surface area contributed by atoms with Gasteiger partial charge in [-0.1, -0.05) is 50.1 Å². The first kappa shape index (κ1) is 14.0. The highest BCUT2D eigenvalue weighted by molar-refractivity contribution is 9.10. The highest BCUT2D eigenvalue weighted by atomic mass is 79.9. The van der Waals surface area contributed by atoms with Crippen LogP contribution in [0.25, 0.3) is 0 Å². The standard InChI is InChI=1S/C14H10Br2ClF/c15-10-3-1-2-9(6-10)7-14(17)12-5-4-11(18)8-13(12)16/h1-6,8,14H,7H2. The van der Waals surface area contributed by atoms with E-state index in [1.54, 1.807) is 6.07 Å². The molecule has 4 heteroatoms. The van der Waals surface area contributed by atoms with Gasteiger partial charge in [0.25, 0.3) is 0 Å². The summed E-state index contributed by atoms with van der Waals surface area (Å²) >= 11 is 13.2. The first-order chi connectivity index (χ1) is 8.56. The SMILES string of the molecule is Fc1ccc(C(Cl)Cc2cccc(Br)c2)c(Br)c1. The van der Waals surface area contributed by atoms with E-state index >= 15 is 0 Å². The molecule has 2 aromatic rings. The number of hydrogen-bond acceptors (Lipinski definition) is 0. The molecule has 0 aliphatic rings. The van der Waals surface area contributed by atoms with Crippen LogP contribution < -0.4 is 0 Å². The van der Waals surface area contributed by atoms with Crippen molar-refractivity contribution in [1.82, 2.24) is 0 Å². The maximum absolute atomic E-state index is 13.0. The number of benzene rings is 2. The fraction of sp³-hybridized carbons (Fsp3) is 0.143. The van der Waals surface area contributed by atoms with E-state index in [1.807, 2.05) is 24.3 Å². The molecule has 1 atom stereocenters. The fourth-order valence-electron chi connectivity index (χ4n) is 1.74. The minimum absolute atomic E-state index is 0.186. The second-order valence-electron chi connectivity index (χ2n) is 3.97. The normalized spacial score (nSPS) is 12.4. The van der Waals surface area contributed by atoms with Crippen LogP contribution in [-0.2, 0) is 6.42 Å². The molecule has 0 amide bonds. The summed E-state index contributed by atoms with van der Waals surface area (Å²) in [7, 11) is 0. The van der Waals surface area contributed by atoms with Crippen molar-refractivity contribution in [2.75, 3.05) is 0 Å². The molecule has 0 N–H and O–H groups in total. The van der Waals surface area contributed by atoms with Crippen LogP contribution in [0.15, 0.2) is 51.4 Å². The van der Waals surface area contributed by atoms with Crippen LogP contribution >= 0.6 is 43.5 Å². The highest BCUT2D eigenvalue weighted by Gasteiger charge is 2.13. The van der Waals surface area contributed by atoms with E-state index in [2.05, 4.69) is 31.9 Å². The van der Waals surface area contributed by atoms with E-state index in [9.17, 15) is 4.39 Å². The zero-order valence-corrected chi connectivity index (χ0v) is 13.3. The Morgan fingerprint density at radius 3 is 2.56 bits per heavy atom. The summed E-state index contributed by atoms with van der Waals surface area (Å²) in [5.74, 6) is -0.267. The molecule has 0 nitrogen and oxygen atoms in total. The molecule has 0 radical (unpaired) electrons. The van der Waals surface area contributed by atoms with Gasteiger partial charge in [0.15, 0.2) is 0 Å². The van der Waals surface area contributed by atoms with Crippen molar-refractivity contribution in [3.05, 3.63) is 68.4 Å². The number of hydrogen-bond donors (Lipinski definition) is 0. The molecule has 2 aromatic carbocycles. The second-order valence-corrected chi connectivity index (χ2v) is 6.26. The summed E-state index contributed by atoms with van der Waals surface area (Å²) in [6.07, 6.45) is 0.700. The van der Waals surface area contributed by atoms with Gasteiger partial charge in [0, 0.05) is 8.95 Å². The smallest absolute Gasteiger partial charge is 0.124 e. The van der Waals surface area contributed by atoms with Gasteiger partial charge in [-0.05, 0) is 41.8 Å². The van der Waals surface area contributed by atoms with Crippen molar-refractivity contribution in [3.8, 4) is 0 Å². The largest absolute Gasteiger partial charge is 0.207 e. The minimum atomic E-state index is -0.267. The first-order valence-corrected chi connectivity index (χ1v) is 7.42. The van der Waals surface area contributed by atoms with Crippen LogP contribution in [0, 0.1) is 5.82 Å². The fourth-order valence-corrected chi connectivity index (χ4v) is 3.31. The van der Waals surface area contributed by atoms with Gasteiger partial charge in [-0.3, -0.25) is 0 Å². The van der Waals surface area contributed by atoms with Gasteiger partial charge < -0.3 is 0 Å². The molecule has 0 aromatic heterocycles. The molecule has 1 unspecified atom stereocenters. The average Bonchev–Trinajstić information content (AvgIpc) is 2.28. The Morgan fingerprint density at radius 1 is 1.11 bits per heavy atom. The molecule has 0 heterocycles. The average molecular weight is 392 g/mol. The van der Waals surface area contributed by atoms with Crippen molar-refractivity contribution >= 4 is 43.5 Å². The quantitative estimate of drug-likeness (QED) is 0.573. The summed E-state index contributed by atoms with van der Waals surface area (Å²) in [4.78, 5) is 0. The van der Waals surface area contributed by atoms with Gasteiger partial charge >= 0.3 is 0 Å². The lowest BCUT2D eigenvalue weighted by molar-refractivity contribution is 0.625. The first-order valence-electron chi connectivity index (χ1n) is 5.40. The molecule has 2 rings (SSSR count). The van der Waals surface area contributed by atoms with Gasteiger partial charge in [-0.15, -0.1) is 11.6 Å². The third kappa shape index (κ3) is 3.56. The Labute approximate surface area is 127 Å². The molecular formula is C14H10Br2ClF. The second kappa shape index (κ2) is 6.18. The van der Waals surface area contributed by atoms with Crippen LogP contribution in [0.2, 0.25) is 0 Å². The number of rotatable bonds is 3. The summed E-state index contributed by atoms with van der Waals surface area (Å²) in [6, 6.07) is 12.6. The van der Waals surface area contributed by atoms with E-state index < -0.39 is 0 Å². The van der Waals surface area contributed by atoms with Gasteiger partial charge in [0.1, 0.15) is 5.82 Å². The van der Waals surface area contributed by atoms with Crippen LogP contribution in [0.5, 0.6) is 0 Å². The number of halogens is 4. The maximum atomic E-state index is 13.0. The van der Waals surface area contributed by atoms with Crippen LogP contribution in [-0.4, -0.2) is 0 Å². The minimum Gasteiger partial charge on any atom is -0.207 e. The lowest BCUT2D eigenvalue weighted by Crippen LogP contribution is -1.97. The maximum Gasteiger partial charge on any atom is 0.124 e. The lowest BCUT2D eigenvalue weighted by Gasteiger charge is -2.12. The van der Waals surface area contributed by atoms with E-state index in [4.69, 9.17) is 11.6 Å². The zero-order chi connectivity index (χ0) is 13.1. The van der Waals surface area contributed by atoms with Gasteiger partial charge in [0.2, 0.25) is 0 Å². The van der Waals surface area contributed by atoms with E-state index in [0.29, 0.717) is 10.9 Å². The summed E-state index contributed by atoms with van der Waals surface area (Å²) in [5, 5.41) is -0.186. The molecular weight excluding hydrogens is 382 g/mol. The van der Waals surface area contributed by atoms with Gasteiger partial charge in [0.05, 0.1) is 5.38 Å². The Morgan fingerprint density at radius 2 is 1.89 bits per heavy atom. The third-order valence-electron chi connectivity index (χ3n) is 2.60. The lowest BCUT2D eigenvalue weighted by atomic mass is 10.0. The van der Waals surface area contributed by atoms with Crippen molar-refractivity contribution in [2.24, 2.45) is 0 Å². The Hall–Kier alpha value is -0.380. The van der Waals surface area contributed by atoms with Crippen molar-refractivity contribution in [1.29, 1.82) is 0 Å². The Kier molecular flexibility index (Phi) is 4.82. The molecule has 0 saturated heterocycles. The Bertz CT molecular complexity index is 557. The van der Waals surface area contributed by atoms with Crippen molar-refractivity contribution in [2.45, 2.75) is 11.8 Å². The molecule has 0 aliphatic carbocycles. The predicted octanol–water partition coefficient (Wildman–Crippen LogP) is 5.87. The molecule has 0 saturated carbocycles. The summed E-state index contributed by atoms with van der Waals surface area (Å²) < 4.78 is 14.7. The van der Waals surface area contributed by atoms with Crippen molar-refractivity contribution in [3.63, 3.8) is 0 Å². The molecule has 0 fully saturated rings. The molecule has 0 spiro atoms. The van der Waals surface area contributed by atoms with Gasteiger partial charge in [-0.25, -0.2) is 4.39 Å². The summed E-state index contributed by atoms with van der Waals surface area (Å²) in [6.45, 7) is 0. The van der Waals surface area contributed by atoms with E-state index in [-0.39, 0.29) is 11.2 Å². The molecule has 18 heavy (non-hydrogen) atoms. The van der Waals surface area contributed by atoms with Crippen LogP contribution in [0.4, 0.5) is 4.39 Å². The predicted molar refractivity (Wildman–Crippen MR) is 80.5 cm³/mol. The molecule has 0 aliphatic heterocycles. The van der Waals surface area contributed by atoms with Crippen LogP contribution in [0.3, 0.4) is 0 Å². The topological polar surface area (TPSA) is 0 Å². The number of alkyl halides is 1. The monoisotopic (exact) mass is 390 g/mol. The van der Waals surface area contributed by atoms with Gasteiger partial charge in [-0.2, -0.15) is 0 Å². The van der Waals surface area contributed by atoms with E-state index in [1.165, 1.54) is 12.1 Å². The summed E-state index contributed by atoms with van der Waals surface area (Å²) in [5.41, 5.74) is 2.04.